The number of sulfonamides is 1. The van der Waals surface area contributed by atoms with E-state index in [-0.39, 0.29) is 17.3 Å². The fraction of sp³-hybridized carbons (Fsp3) is 0.109. The molecule has 300 valence electrons. The number of nitrogens with zero attached hydrogens (tertiary/aromatic N) is 7. The average molecular weight is 842 g/mol. The molecule has 13 nitrogen and oxygen atoms in total. The van der Waals surface area contributed by atoms with Crippen molar-refractivity contribution in [2.75, 3.05) is 36.5 Å². The van der Waals surface area contributed by atoms with E-state index < -0.39 is 10.0 Å². The summed E-state index contributed by atoms with van der Waals surface area (Å²) in [6, 6.07) is 38.9. The zero-order valence-corrected chi connectivity index (χ0v) is 34.0. The summed E-state index contributed by atoms with van der Waals surface area (Å²) in [5, 5.41) is 3.45. The van der Waals surface area contributed by atoms with E-state index in [0.29, 0.717) is 46.2 Å². The van der Waals surface area contributed by atoms with Crippen LogP contribution >= 0.6 is 11.3 Å². The van der Waals surface area contributed by atoms with Crippen LogP contribution in [0.5, 0.6) is 0 Å². The Bertz CT molecular complexity index is 3210. The van der Waals surface area contributed by atoms with Gasteiger partial charge in [-0.25, -0.2) is 38.1 Å². The SMILES string of the molecule is O=C(Nc1nc2cc(-c3ccc4ncnc(N5CCOCC5)c4n3)ccc2s1)c1ccc(-c2cnc3ccc(-c4cccc(S(=O)(=O)NCc5ccccc5)c4)nc3c2)cc1. The molecule has 1 aliphatic heterocycles. The largest absolute Gasteiger partial charge is 0.378 e. The number of hydrogen-bond acceptors (Lipinski definition) is 12. The van der Waals surface area contributed by atoms with Crippen molar-refractivity contribution in [3.8, 4) is 33.6 Å². The molecule has 1 aliphatic rings. The Morgan fingerprint density at radius 1 is 0.672 bits per heavy atom. The van der Waals surface area contributed by atoms with E-state index in [9.17, 15) is 13.2 Å². The van der Waals surface area contributed by atoms with Gasteiger partial charge in [0.1, 0.15) is 11.8 Å². The number of ether oxygens (including phenoxy) is 1. The van der Waals surface area contributed by atoms with Gasteiger partial charge >= 0.3 is 0 Å². The van der Waals surface area contributed by atoms with Crippen molar-refractivity contribution in [1.82, 2.24) is 34.6 Å². The summed E-state index contributed by atoms with van der Waals surface area (Å²) in [5.41, 5.74) is 9.57. The van der Waals surface area contributed by atoms with Crippen molar-refractivity contribution >= 4 is 70.5 Å². The van der Waals surface area contributed by atoms with Gasteiger partial charge in [0.05, 0.1) is 56.3 Å². The second-order valence-corrected chi connectivity index (χ2v) is 17.2. The fourth-order valence-corrected chi connectivity index (χ4v) is 9.13. The Morgan fingerprint density at radius 2 is 1.43 bits per heavy atom. The molecular weight excluding hydrogens is 807 g/mol. The number of amides is 1. The minimum Gasteiger partial charge on any atom is -0.378 e. The van der Waals surface area contributed by atoms with E-state index in [1.807, 2.05) is 97.1 Å². The Labute approximate surface area is 354 Å². The van der Waals surface area contributed by atoms with E-state index in [4.69, 9.17) is 19.7 Å². The van der Waals surface area contributed by atoms with Crippen LogP contribution in [0.3, 0.4) is 0 Å². The highest BCUT2D eigenvalue weighted by Gasteiger charge is 2.19. The number of carbonyl (C=O) groups excluding carboxylic acids is 1. The number of pyridine rings is 3. The third-order valence-corrected chi connectivity index (χ3v) is 12.8. The van der Waals surface area contributed by atoms with E-state index in [0.717, 1.165) is 68.1 Å². The molecule has 2 N–H and O–H groups in total. The highest BCUT2D eigenvalue weighted by molar-refractivity contribution is 7.89. The molecule has 0 saturated carbocycles. The van der Waals surface area contributed by atoms with Crippen LogP contribution in [0, 0.1) is 0 Å². The van der Waals surface area contributed by atoms with Gasteiger partial charge in [0.15, 0.2) is 10.9 Å². The maximum absolute atomic E-state index is 13.4. The summed E-state index contributed by atoms with van der Waals surface area (Å²) in [6.45, 7) is 2.96. The van der Waals surface area contributed by atoms with Gasteiger partial charge in [-0.2, -0.15) is 0 Å². The maximum atomic E-state index is 13.4. The van der Waals surface area contributed by atoms with Gasteiger partial charge in [-0.3, -0.25) is 15.1 Å². The highest BCUT2D eigenvalue weighted by Crippen LogP contribution is 2.32. The summed E-state index contributed by atoms with van der Waals surface area (Å²) >= 11 is 1.40. The van der Waals surface area contributed by atoms with Crippen molar-refractivity contribution in [3.05, 3.63) is 151 Å². The summed E-state index contributed by atoms with van der Waals surface area (Å²) in [7, 11) is -3.76. The number of morpholine rings is 1. The van der Waals surface area contributed by atoms with Gasteiger partial charge in [0, 0.05) is 48.1 Å². The number of anilines is 2. The van der Waals surface area contributed by atoms with Gasteiger partial charge in [-0.15, -0.1) is 0 Å². The van der Waals surface area contributed by atoms with Gasteiger partial charge < -0.3 is 9.64 Å². The van der Waals surface area contributed by atoms with Crippen molar-refractivity contribution in [1.29, 1.82) is 0 Å². The van der Waals surface area contributed by atoms with Gasteiger partial charge in [-0.05, 0) is 77.9 Å². The van der Waals surface area contributed by atoms with Crippen LogP contribution in [0.4, 0.5) is 10.9 Å². The predicted octanol–water partition coefficient (Wildman–Crippen LogP) is 8.15. The van der Waals surface area contributed by atoms with Gasteiger partial charge in [0.25, 0.3) is 5.91 Å². The zero-order valence-electron chi connectivity index (χ0n) is 32.4. The molecule has 1 saturated heterocycles. The Morgan fingerprint density at radius 3 is 2.26 bits per heavy atom. The van der Waals surface area contributed by atoms with E-state index in [1.165, 1.54) is 11.3 Å². The quantitative estimate of drug-likeness (QED) is 0.137. The van der Waals surface area contributed by atoms with Crippen LogP contribution in [0.15, 0.2) is 145 Å². The zero-order chi connectivity index (χ0) is 41.3. The maximum Gasteiger partial charge on any atom is 0.257 e. The van der Waals surface area contributed by atoms with Crippen LogP contribution < -0.4 is 14.9 Å². The van der Waals surface area contributed by atoms with E-state index in [2.05, 4.69) is 29.9 Å². The first-order valence-corrected chi connectivity index (χ1v) is 21.8. The summed E-state index contributed by atoms with van der Waals surface area (Å²) in [5.74, 6) is 0.520. The molecule has 61 heavy (non-hydrogen) atoms. The molecule has 0 atom stereocenters. The van der Waals surface area contributed by atoms with Crippen molar-refractivity contribution in [2.24, 2.45) is 0 Å². The minimum atomic E-state index is -3.76. The highest BCUT2D eigenvalue weighted by atomic mass is 32.2. The standard InChI is InChI=1S/C46H35N9O4S2/c56-45(54-46-53-41-24-33(13-18-42(41)60-46)37-15-17-39-43(52-37)44(49-28-48-39)55-19-21-59-22-20-55)31-11-9-30(10-12-31)34-25-40-38(47-27-34)16-14-36(51-40)32-7-4-8-35(23-32)61(57,58)50-26-29-5-2-1-3-6-29/h1-18,23-25,27-28,50H,19-22,26H2,(H,53,54,56). The normalized spacial score (nSPS) is 13.2. The number of carbonyl (C=O) groups is 1. The number of thiazole rings is 1. The summed E-state index contributed by atoms with van der Waals surface area (Å²) < 4.78 is 35.4. The number of rotatable bonds is 10. The fourth-order valence-electron chi connectivity index (χ4n) is 7.22. The number of aromatic nitrogens is 6. The number of benzene rings is 4. The van der Waals surface area contributed by atoms with Crippen molar-refractivity contribution in [2.45, 2.75) is 11.4 Å². The number of hydrogen-bond donors (Lipinski definition) is 2. The lowest BCUT2D eigenvalue weighted by Gasteiger charge is -2.28. The molecule has 0 aliphatic carbocycles. The molecule has 9 aromatic rings. The molecule has 6 heterocycles. The third-order valence-electron chi connectivity index (χ3n) is 10.4. The molecule has 10 rings (SSSR count). The van der Waals surface area contributed by atoms with Crippen LogP contribution in [-0.2, 0) is 21.3 Å². The predicted molar refractivity (Wildman–Crippen MR) is 238 cm³/mol. The van der Waals surface area contributed by atoms with Crippen LogP contribution in [0.1, 0.15) is 15.9 Å². The first kappa shape index (κ1) is 38.2. The molecule has 0 radical (unpaired) electrons. The lowest BCUT2D eigenvalue weighted by Crippen LogP contribution is -2.37. The Balaban J connectivity index is 0.834. The molecule has 5 aromatic heterocycles. The van der Waals surface area contributed by atoms with Gasteiger partial charge in [0.2, 0.25) is 10.0 Å². The number of nitrogens with one attached hydrogen (secondary N) is 2. The Kier molecular flexibility index (Phi) is 10.1. The van der Waals surface area contributed by atoms with E-state index >= 15 is 0 Å². The smallest absolute Gasteiger partial charge is 0.257 e. The molecular formula is C46H35N9O4S2. The molecule has 0 spiro atoms. The number of fused-ring (bicyclic) bond motifs is 3. The van der Waals surface area contributed by atoms with E-state index in [1.54, 1.807) is 42.9 Å². The summed E-state index contributed by atoms with van der Waals surface area (Å²) in [6.07, 6.45) is 3.34. The van der Waals surface area contributed by atoms with Crippen LogP contribution in [0.25, 0.3) is 65.9 Å². The minimum absolute atomic E-state index is 0.153. The molecule has 1 fully saturated rings. The molecule has 15 heteroatoms. The van der Waals surface area contributed by atoms with Gasteiger partial charge in [-0.1, -0.05) is 72.0 Å². The van der Waals surface area contributed by atoms with Crippen molar-refractivity contribution < 1.29 is 17.9 Å². The van der Waals surface area contributed by atoms with Crippen LogP contribution in [-0.4, -0.2) is 70.5 Å². The second kappa shape index (κ2) is 16.2. The lowest BCUT2D eigenvalue weighted by atomic mass is 10.0. The monoisotopic (exact) mass is 841 g/mol. The summed E-state index contributed by atoms with van der Waals surface area (Å²) in [4.78, 5) is 43.9. The first-order valence-electron chi connectivity index (χ1n) is 19.5. The lowest BCUT2D eigenvalue weighted by molar-refractivity contribution is 0.102. The Hall–Kier alpha value is -7.04. The average Bonchev–Trinajstić information content (AvgIpc) is 3.72. The first-order chi connectivity index (χ1) is 29.8. The molecule has 1 amide bonds. The molecule has 0 bridgehead atoms. The second-order valence-electron chi connectivity index (χ2n) is 14.4. The third kappa shape index (κ3) is 8.02. The topological polar surface area (TPSA) is 165 Å². The van der Waals surface area contributed by atoms with Crippen molar-refractivity contribution in [3.63, 3.8) is 0 Å². The molecule has 4 aromatic carbocycles. The molecule has 0 unspecified atom stereocenters. The van der Waals surface area contributed by atoms with Crippen LogP contribution in [0.2, 0.25) is 0 Å².